The van der Waals surface area contributed by atoms with Crippen molar-refractivity contribution in [3.8, 4) is 11.3 Å². The number of nitrogens with one attached hydrogen (secondary N) is 2. The summed E-state index contributed by atoms with van der Waals surface area (Å²) in [5.41, 5.74) is 0.355. The standard InChI is InChI=1S/C13H10BrF2N5/c1-2-17-13-19-11(6-5-18-21-12(6)20-13)9-8(15)4-3-7(14)10(9)16/h3-5H,2H2,1H3,(H2,17,18,19,20,21). The summed E-state index contributed by atoms with van der Waals surface area (Å²) in [7, 11) is 0. The Hall–Kier alpha value is -2.09. The largest absolute Gasteiger partial charge is 0.354 e. The number of fused-ring (bicyclic) bond motifs is 1. The molecule has 0 aliphatic carbocycles. The van der Waals surface area contributed by atoms with E-state index in [0.717, 1.165) is 0 Å². The van der Waals surface area contributed by atoms with Crippen LogP contribution in [0.4, 0.5) is 14.7 Å². The van der Waals surface area contributed by atoms with Crippen LogP contribution in [0.5, 0.6) is 0 Å². The molecule has 2 aromatic heterocycles. The molecule has 8 heteroatoms. The van der Waals surface area contributed by atoms with E-state index in [1.54, 1.807) is 0 Å². The van der Waals surface area contributed by atoms with Crippen molar-refractivity contribution in [3.63, 3.8) is 0 Å². The van der Waals surface area contributed by atoms with Gasteiger partial charge in [0.1, 0.15) is 11.6 Å². The summed E-state index contributed by atoms with van der Waals surface area (Å²) < 4.78 is 28.6. The van der Waals surface area contributed by atoms with E-state index in [4.69, 9.17) is 0 Å². The number of hydrogen-bond acceptors (Lipinski definition) is 4. The predicted molar refractivity (Wildman–Crippen MR) is 78.9 cm³/mol. The first kappa shape index (κ1) is 13.9. The molecule has 0 aliphatic heterocycles. The van der Waals surface area contributed by atoms with Crippen molar-refractivity contribution < 1.29 is 8.78 Å². The molecule has 2 heterocycles. The SMILES string of the molecule is CCNc1nc(-c2c(F)ccc(Br)c2F)c2cn[nH]c2n1. The van der Waals surface area contributed by atoms with Crippen molar-refractivity contribution in [1.82, 2.24) is 20.2 Å². The molecule has 0 spiro atoms. The maximum atomic E-state index is 14.3. The van der Waals surface area contributed by atoms with Crippen molar-refractivity contribution in [2.45, 2.75) is 6.92 Å². The van der Waals surface area contributed by atoms with Crippen molar-refractivity contribution in [2.24, 2.45) is 0 Å². The zero-order valence-corrected chi connectivity index (χ0v) is 12.5. The van der Waals surface area contributed by atoms with Gasteiger partial charge >= 0.3 is 0 Å². The maximum Gasteiger partial charge on any atom is 0.225 e. The molecular formula is C13H10BrF2N5. The Morgan fingerprint density at radius 2 is 2.10 bits per heavy atom. The molecule has 0 saturated heterocycles. The van der Waals surface area contributed by atoms with Crippen molar-refractivity contribution >= 4 is 32.9 Å². The highest BCUT2D eigenvalue weighted by atomic mass is 79.9. The molecule has 1 aromatic carbocycles. The molecule has 0 saturated carbocycles. The number of halogens is 3. The zero-order valence-electron chi connectivity index (χ0n) is 10.9. The Morgan fingerprint density at radius 1 is 1.29 bits per heavy atom. The van der Waals surface area contributed by atoms with Gasteiger partial charge in [-0.1, -0.05) is 0 Å². The van der Waals surface area contributed by atoms with Gasteiger partial charge < -0.3 is 5.32 Å². The second kappa shape index (κ2) is 5.36. The van der Waals surface area contributed by atoms with Crippen LogP contribution in [-0.2, 0) is 0 Å². The van der Waals surface area contributed by atoms with E-state index >= 15 is 0 Å². The van der Waals surface area contributed by atoms with Crippen LogP contribution >= 0.6 is 15.9 Å². The van der Waals surface area contributed by atoms with Crippen molar-refractivity contribution in [1.29, 1.82) is 0 Å². The number of benzene rings is 1. The summed E-state index contributed by atoms with van der Waals surface area (Å²) in [6, 6.07) is 2.50. The first-order valence-corrected chi connectivity index (χ1v) is 7.00. The van der Waals surface area contributed by atoms with E-state index in [2.05, 4.69) is 41.4 Å². The predicted octanol–water partition coefficient (Wildman–Crippen LogP) is 3.49. The number of aromatic nitrogens is 4. The lowest BCUT2D eigenvalue weighted by Gasteiger charge is -2.09. The fourth-order valence-corrected chi connectivity index (χ4v) is 2.34. The number of rotatable bonds is 3. The molecule has 0 amide bonds. The van der Waals surface area contributed by atoms with Crippen LogP contribution in [-0.4, -0.2) is 26.7 Å². The average molecular weight is 354 g/mol. The van der Waals surface area contributed by atoms with Gasteiger partial charge in [-0.15, -0.1) is 0 Å². The monoisotopic (exact) mass is 353 g/mol. The third kappa shape index (κ3) is 2.35. The molecule has 0 unspecified atom stereocenters. The molecule has 0 bridgehead atoms. The highest BCUT2D eigenvalue weighted by Gasteiger charge is 2.20. The Bertz CT molecular complexity index is 818. The van der Waals surface area contributed by atoms with Crippen molar-refractivity contribution in [3.05, 3.63) is 34.4 Å². The third-order valence-electron chi connectivity index (χ3n) is 2.93. The molecule has 3 aromatic rings. The van der Waals surface area contributed by atoms with Crippen LogP contribution in [0.15, 0.2) is 22.8 Å². The summed E-state index contributed by atoms with van der Waals surface area (Å²) in [5.74, 6) is -1.12. The molecule has 3 rings (SSSR count). The molecular weight excluding hydrogens is 344 g/mol. The van der Waals surface area contributed by atoms with Gasteiger partial charge in [0, 0.05) is 6.54 Å². The van der Waals surface area contributed by atoms with Gasteiger partial charge in [-0.25, -0.2) is 13.8 Å². The fraction of sp³-hybridized carbons (Fsp3) is 0.154. The number of nitrogens with zero attached hydrogens (tertiary/aromatic N) is 3. The molecule has 0 aliphatic rings. The van der Waals surface area contributed by atoms with Gasteiger partial charge in [0.15, 0.2) is 5.65 Å². The fourth-order valence-electron chi connectivity index (χ4n) is 2.01. The second-order valence-electron chi connectivity index (χ2n) is 4.28. The van der Waals surface area contributed by atoms with Gasteiger partial charge in [-0.2, -0.15) is 10.1 Å². The topological polar surface area (TPSA) is 66.5 Å². The lowest BCUT2D eigenvalue weighted by molar-refractivity contribution is 0.584. The number of aromatic amines is 1. The Labute approximate surface area is 126 Å². The lowest BCUT2D eigenvalue weighted by atomic mass is 10.1. The Morgan fingerprint density at radius 3 is 2.86 bits per heavy atom. The molecule has 21 heavy (non-hydrogen) atoms. The van der Waals surface area contributed by atoms with E-state index in [0.29, 0.717) is 17.6 Å². The van der Waals surface area contributed by atoms with Crippen LogP contribution in [0.25, 0.3) is 22.3 Å². The van der Waals surface area contributed by atoms with Gasteiger partial charge in [0.25, 0.3) is 0 Å². The van der Waals surface area contributed by atoms with Gasteiger partial charge in [-0.05, 0) is 35.0 Å². The van der Waals surface area contributed by atoms with E-state index in [9.17, 15) is 8.78 Å². The Kier molecular flexibility index (Phi) is 3.54. The normalized spacial score (nSPS) is 11.0. The molecule has 0 atom stereocenters. The summed E-state index contributed by atoms with van der Waals surface area (Å²) in [6.07, 6.45) is 1.44. The van der Waals surface area contributed by atoms with E-state index in [-0.39, 0.29) is 21.7 Å². The summed E-state index contributed by atoms with van der Waals surface area (Å²) in [5, 5.41) is 9.92. The summed E-state index contributed by atoms with van der Waals surface area (Å²) >= 11 is 3.06. The number of hydrogen-bond donors (Lipinski definition) is 2. The highest BCUT2D eigenvalue weighted by molar-refractivity contribution is 9.10. The molecule has 0 radical (unpaired) electrons. The van der Waals surface area contributed by atoms with Crippen LogP contribution < -0.4 is 5.32 Å². The first-order valence-electron chi connectivity index (χ1n) is 6.20. The molecule has 108 valence electrons. The molecule has 2 N–H and O–H groups in total. The average Bonchev–Trinajstić information content (AvgIpc) is 2.92. The number of anilines is 1. The van der Waals surface area contributed by atoms with E-state index in [1.807, 2.05) is 6.92 Å². The minimum absolute atomic E-state index is 0.154. The zero-order chi connectivity index (χ0) is 15.0. The van der Waals surface area contributed by atoms with E-state index in [1.165, 1.54) is 18.3 Å². The van der Waals surface area contributed by atoms with Crippen LogP contribution in [0, 0.1) is 11.6 Å². The minimum Gasteiger partial charge on any atom is -0.354 e. The quantitative estimate of drug-likeness (QED) is 0.707. The highest BCUT2D eigenvalue weighted by Crippen LogP contribution is 2.33. The van der Waals surface area contributed by atoms with Crippen LogP contribution in [0.3, 0.4) is 0 Å². The summed E-state index contributed by atoms with van der Waals surface area (Å²) in [4.78, 5) is 8.41. The smallest absolute Gasteiger partial charge is 0.225 e. The van der Waals surface area contributed by atoms with Gasteiger partial charge in [0.05, 0.1) is 27.3 Å². The Balaban J connectivity index is 2.34. The third-order valence-corrected chi connectivity index (χ3v) is 3.54. The van der Waals surface area contributed by atoms with Gasteiger partial charge in [0.2, 0.25) is 5.95 Å². The number of H-pyrrole nitrogens is 1. The maximum absolute atomic E-state index is 14.3. The summed E-state index contributed by atoms with van der Waals surface area (Å²) in [6.45, 7) is 2.46. The second-order valence-corrected chi connectivity index (χ2v) is 5.13. The molecule has 5 nitrogen and oxygen atoms in total. The van der Waals surface area contributed by atoms with Crippen molar-refractivity contribution in [2.75, 3.05) is 11.9 Å². The minimum atomic E-state index is -0.710. The molecule has 0 fully saturated rings. The lowest BCUT2D eigenvalue weighted by Crippen LogP contribution is -2.04. The first-order chi connectivity index (χ1) is 10.1. The van der Waals surface area contributed by atoms with Gasteiger partial charge in [-0.3, -0.25) is 5.10 Å². The van der Waals surface area contributed by atoms with Crippen LogP contribution in [0.1, 0.15) is 6.92 Å². The van der Waals surface area contributed by atoms with E-state index < -0.39 is 11.6 Å². The van der Waals surface area contributed by atoms with Crippen LogP contribution in [0.2, 0.25) is 0 Å².